The van der Waals surface area contributed by atoms with Gasteiger partial charge in [0.15, 0.2) is 0 Å². The van der Waals surface area contributed by atoms with Gasteiger partial charge in [0.05, 0.1) is 17.2 Å². The number of nitrogens with zero attached hydrogens (tertiary/aromatic N) is 2. The second-order valence-electron chi connectivity index (χ2n) is 10.3. The first-order valence-electron chi connectivity index (χ1n) is 13.0. The van der Waals surface area contributed by atoms with Crippen molar-refractivity contribution >= 4 is 39.1 Å². The van der Waals surface area contributed by atoms with E-state index in [-0.39, 0.29) is 17.3 Å². The van der Waals surface area contributed by atoms with Crippen molar-refractivity contribution in [3.63, 3.8) is 0 Å². The van der Waals surface area contributed by atoms with Crippen molar-refractivity contribution in [2.45, 2.75) is 57.6 Å². The SMILES string of the molecule is CCOc1ccc(N(CC(=O)N(Cc2ccc(Cl)cc2)[C@@H](C)C(=O)NC(C)(C)C)S(=O)(=O)c2ccccc2)cc1. The van der Waals surface area contributed by atoms with E-state index < -0.39 is 34.1 Å². The number of rotatable bonds is 11. The summed E-state index contributed by atoms with van der Waals surface area (Å²) in [5.41, 5.74) is 0.510. The maximum absolute atomic E-state index is 13.9. The molecule has 2 amide bonds. The Morgan fingerprint density at radius 3 is 2.10 bits per heavy atom. The Labute approximate surface area is 241 Å². The zero-order chi connectivity index (χ0) is 29.5. The zero-order valence-corrected chi connectivity index (χ0v) is 25.0. The highest BCUT2D eigenvalue weighted by atomic mass is 35.5. The minimum absolute atomic E-state index is 0.0412. The highest BCUT2D eigenvalue weighted by Crippen LogP contribution is 2.27. The first-order valence-corrected chi connectivity index (χ1v) is 14.8. The molecule has 0 fully saturated rings. The first-order chi connectivity index (χ1) is 18.8. The predicted octanol–water partition coefficient (Wildman–Crippen LogP) is 5.27. The molecule has 10 heteroatoms. The summed E-state index contributed by atoms with van der Waals surface area (Å²) in [4.78, 5) is 28.5. The first kappa shape index (κ1) is 31.0. The van der Waals surface area contributed by atoms with Gasteiger partial charge >= 0.3 is 0 Å². The molecule has 3 rings (SSSR count). The standard InChI is InChI=1S/C30H36ClN3O5S/c1-6-39-26-18-16-25(17-19-26)34(40(37,38)27-10-8-7-9-11-27)21-28(35)33(20-23-12-14-24(31)15-13-23)22(2)29(36)32-30(3,4)5/h7-19,22H,6,20-21H2,1-5H3,(H,32,36)/t22-/m0/s1. The van der Waals surface area contributed by atoms with Crippen LogP contribution >= 0.6 is 11.6 Å². The fourth-order valence-electron chi connectivity index (χ4n) is 3.97. The van der Waals surface area contributed by atoms with E-state index in [2.05, 4.69) is 5.32 Å². The van der Waals surface area contributed by atoms with Gasteiger partial charge in [-0.2, -0.15) is 0 Å². The maximum Gasteiger partial charge on any atom is 0.264 e. The second-order valence-corrected chi connectivity index (χ2v) is 12.6. The predicted molar refractivity (Wildman–Crippen MR) is 158 cm³/mol. The lowest BCUT2D eigenvalue weighted by Gasteiger charge is -2.33. The Hall–Kier alpha value is -3.56. The van der Waals surface area contributed by atoms with Gasteiger partial charge < -0.3 is 15.0 Å². The van der Waals surface area contributed by atoms with Crippen LogP contribution in [0.25, 0.3) is 0 Å². The molecule has 0 saturated heterocycles. The molecule has 8 nitrogen and oxygen atoms in total. The number of benzene rings is 3. The van der Waals surface area contributed by atoms with E-state index in [0.717, 1.165) is 9.87 Å². The maximum atomic E-state index is 13.9. The molecule has 40 heavy (non-hydrogen) atoms. The number of nitrogens with one attached hydrogen (secondary N) is 1. The van der Waals surface area contributed by atoms with Crippen molar-refractivity contribution in [2.75, 3.05) is 17.5 Å². The third-order valence-electron chi connectivity index (χ3n) is 5.98. The molecule has 0 aromatic heterocycles. The Kier molecular flexibility index (Phi) is 10.2. The summed E-state index contributed by atoms with van der Waals surface area (Å²) in [7, 11) is -4.13. The van der Waals surface area contributed by atoms with E-state index in [4.69, 9.17) is 16.3 Å². The number of amides is 2. The van der Waals surface area contributed by atoms with Crippen molar-refractivity contribution in [3.05, 3.63) is 89.4 Å². The largest absolute Gasteiger partial charge is 0.494 e. The molecule has 0 spiro atoms. The highest BCUT2D eigenvalue weighted by molar-refractivity contribution is 7.92. The summed E-state index contributed by atoms with van der Waals surface area (Å²) in [6.45, 7) is 9.04. The molecule has 1 N–H and O–H groups in total. The summed E-state index contributed by atoms with van der Waals surface area (Å²) in [6.07, 6.45) is 0. The van der Waals surface area contributed by atoms with E-state index in [1.807, 2.05) is 27.7 Å². The highest BCUT2D eigenvalue weighted by Gasteiger charge is 2.33. The molecule has 3 aromatic carbocycles. The molecule has 3 aromatic rings. The quantitative estimate of drug-likeness (QED) is 0.331. The lowest BCUT2D eigenvalue weighted by molar-refractivity contribution is -0.140. The van der Waals surface area contributed by atoms with Crippen LogP contribution in [0.4, 0.5) is 5.69 Å². The molecular formula is C30H36ClN3O5S. The summed E-state index contributed by atoms with van der Waals surface area (Å²) >= 11 is 6.05. The molecule has 0 aliphatic rings. The summed E-state index contributed by atoms with van der Waals surface area (Å²) in [5.74, 6) is -0.320. The number of anilines is 1. The fraction of sp³-hybridized carbons (Fsp3) is 0.333. The third kappa shape index (κ3) is 8.22. The van der Waals surface area contributed by atoms with Gasteiger partial charge in [0.1, 0.15) is 18.3 Å². The van der Waals surface area contributed by atoms with Crippen LogP contribution < -0.4 is 14.4 Å². The van der Waals surface area contributed by atoms with E-state index in [1.54, 1.807) is 73.7 Å². The van der Waals surface area contributed by atoms with Gasteiger partial charge in [-0.15, -0.1) is 0 Å². The molecule has 0 unspecified atom stereocenters. The minimum Gasteiger partial charge on any atom is -0.494 e. The van der Waals surface area contributed by atoms with Crippen LogP contribution in [0.5, 0.6) is 5.75 Å². The molecule has 214 valence electrons. The van der Waals surface area contributed by atoms with Crippen LogP contribution in [-0.2, 0) is 26.2 Å². The average molecular weight is 586 g/mol. The summed E-state index contributed by atoms with van der Waals surface area (Å²) < 4.78 is 34.2. The fourth-order valence-corrected chi connectivity index (χ4v) is 5.53. The molecule has 1 atom stereocenters. The Balaban J connectivity index is 2.02. The Morgan fingerprint density at radius 1 is 0.950 bits per heavy atom. The van der Waals surface area contributed by atoms with E-state index in [1.165, 1.54) is 17.0 Å². The molecule has 0 radical (unpaired) electrons. The second kappa shape index (κ2) is 13.2. The zero-order valence-electron chi connectivity index (χ0n) is 23.4. The van der Waals surface area contributed by atoms with Crippen LogP contribution in [0.2, 0.25) is 5.02 Å². The Bertz CT molecular complexity index is 1390. The van der Waals surface area contributed by atoms with Gasteiger partial charge in [0.2, 0.25) is 11.8 Å². The van der Waals surface area contributed by atoms with E-state index >= 15 is 0 Å². The Morgan fingerprint density at radius 2 is 1.55 bits per heavy atom. The lowest BCUT2D eigenvalue weighted by Crippen LogP contribution is -2.54. The summed E-state index contributed by atoms with van der Waals surface area (Å²) in [5, 5.41) is 3.45. The van der Waals surface area contributed by atoms with Gasteiger partial charge in [-0.3, -0.25) is 13.9 Å². The number of sulfonamides is 1. The van der Waals surface area contributed by atoms with Crippen LogP contribution in [0, 0.1) is 0 Å². The van der Waals surface area contributed by atoms with Crippen LogP contribution in [0.3, 0.4) is 0 Å². The molecule has 0 aliphatic carbocycles. The van der Waals surface area contributed by atoms with Gasteiger partial charge in [0, 0.05) is 17.1 Å². The van der Waals surface area contributed by atoms with Gasteiger partial charge in [0.25, 0.3) is 10.0 Å². The molecular weight excluding hydrogens is 550 g/mol. The topological polar surface area (TPSA) is 96.0 Å². The number of carbonyl (C=O) groups is 2. The monoisotopic (exact) mass is 585 g/mol. The van der Waals surface area contributed by atoms with Crippen LogP contribution in [0.15, 0.2) is 83.8 Å². The third-order valence-corrected chi connectivity index (χ3v) is 8.02. The normalized spacial score (nSPS) is 12.3. The van der Waals surface area contributed by atoms with Crippen molar-refractivity contribution in [1.82, 2.24) is 10.2 Å². The smallest absolute Gasteiger partial charge is 0.264 e. The minimum atomic E-state index is -4.13. The van der Waals surface area contributed by atoms with Crippen molar-refractivity contribution in [3.8, 4) is 5.75 Å². The number of hydrogen-bond donors (Lipinski definition) is 1. The number of hydrogen-bond acceptors (Lipinski definition) is 5. The number of halogens is 1. The number of ether oxygens (including phenoxy) is 1. The van der Waals surface area contributed by atoms with Gasteiger partial charge in [-0.25, -0.2) is 8.42 Å². The van der Waals surface area contributed by atoms with Gasteiger partial charge in [-0.1, -0.05) is 41.9 Å². The molecule has 0 saturated carbocycles. The van der Waals surface area contributed by atoms with E-state index in [9.17, 15) is 18.0 Å². The molecule has 0 heterocycles. The van der Waals surface area contributed by atoms with Crippen molar-refractivity contribution < 1.29 is 22.7 Å². The summed E-state index contributed by atoms with van der Waals surface area (Å²) in [6, 6.07) is 20.5. The van der Waals surface area contributed by atoms with Crippen LogP contribution in [-0.4, -0.2) is 49.9 Å². The van der Waals surface area contributed by atoms with E-state index in [0.29, 0.717) is 23.1 Å². The van der Waals surface area contributed by atoms with Crippen LogP contribution in [0.1, 0.15) is 40.2 Å². The molecule has 0 bridgehead atoms. The van der Waals surface area contributed by atoms with Crippen molar-refractivity contribution in [1.29, 1.82) is 0 Å². The van der Waals surface area contributed by atoms with Gasteiger partial charge in [-0.05, 0) is 88.7 Å². The number of carbonyl (C=O) groups excluding carboxylic acids is 2. The van der Waals surface area contributed by atoms with Crippen molar-refractivity contribution in [2.24, 2.45) is 0 Å². The lowest BCUT2D eigenvalue weighted by atomic mass is 10.1. The molecule has 0 aliphatic heterocycles. The average Bonchev–Trinajstić information content (AvgIpc) is 2.91.